The van der Waals surface area contributed by atoms with Crippen LogP contribution in [-0.4, -0.2) is 40.5 Å². The fraction of sp³-hybridized carbons (Fsp3) is 0.300. The van der Waals surface area contributed by atoms with Crippen LogP contribution in [0, 0.1) is 13.8 Å². The Balaban J connectivity index is 2.07. The quantitative estimate of drug-likeness (QED) is 0.536. The first-order valence-corrected chi connectivity index (χ1v) is 9.30. The summed E-state index contributed by atoms with van der Waals surface area (Å²) in [4.78, 5) is 8.08. The number of aliphatic imine (C=N–C) groups is 1. The Labute approximate surface area is 177 Å². The van der Waals surface area contributed by atoms with Crippen LogP contribution in [-0.2, 0) is 0 Å². The van der Waals surface area contributed by atoms with Gasteiger partial charge in [-0.2, -0.15) is 18.2 Å². The van der Waals surface area contributed by atoms with Gasteiger partial charge in [0, 0.05) is 12.3 Å². The second kappa shape index (κ2) is 8.34. The van der Waals surface area contributed by atoms with Gasteiger partial charge in [0.25, 0.3) is 0 Å². The van der Waals surface area contributed by atoms with Crippen LogP contribution in [0.15, 0.2) is 46.8 Å². The zero-order valence-corrected chi connectivity index (χ0v) is 17.4. The van der Waals surface area contributed by atoms with Crippen molar-refractivity contribution in [3.8, 4) is 5.88 Å². The van der Waals surface area contributed by atoms with Gasteiger partial charge >= 0.3 is 6.18 Å². The summed E-state index contributed by atoms with van der Waals surface area (Å²) < 4.78 is 46.5. The van der Waals surface area contributed by atoms with E-state index in [2.05, 4.69) is 20.6 Å². The molecule has 1 unspecified atom stereocenters. The van der Waals surface area contributed by atoms with Crippen molar-refractivity contribution >= 4 is 23.0 Å². The number of anilines is 3. The molecular formula is C20H23F3N6O2. The molecule has 0 saturated heterocycles. The number of ether oxygens (including phenoxy) is 1. The maximum Gasteiger partial charge on any atom is 0.418 e. The van der Waals surface area contributed by atoms with Gasteiger partial charge in [-0.3, -0.25) is 5.21 Å². The molecule has 0 spiro atoms. The average molecular weight is 436 g/mol. The predicted octanol–water partition coefficient (Wildman–Crippen LogP) is 4.04. The largest absolute Gasteiger partial charge is 0.481 e. The van der Waals surface area contributed by atoms with Gasteiger partial charge in [0.05, 0.1) is 30.2 Å². The first-order chi connectivity index (χ1) is 14.5. The molecule has 5 N–H and O–H groups in total. The summed E-state index contributed by atoms with van der Waals surface area (Å²) in [6, 6.07) is 5.02. The zero-order chi connectivity index (χ0) is 22.9. The van der Waals surface area contributed by atoms with E-state index in [4.69, 9.17) is 10.5 Å². The second-order valence-electron chi connectivity index (χ2n) is 7.10. The van der Waals surface area contributed by atoms with Crippen LogP contribution in [0.1, 0.15) is 18.1 Å². The normalized spacial score (nSPS) is 16.8. The highest BCUT2D eigenvalue weighted by Crippen LogP contribution is 2.37. The molecule has 1 atom stereocenters. The smallest absolute Gasteiger partial charge is 0.418 e. The first kappa shape index (κ1) is 22.2. The minimum Gasteiger partial charge on any atom is -0.481 e. The molecule has 0 aliphatic carbocycles. The molecule has 11 heteroatoms. The Bertz CT molecular complexity index is 1050. The maximum absolute atomic E-state index is 13.8. The van der Waals surface area contributed by atoms with Crippen LogP contribution in [0.3, 0.4) is 0 Å². The summed E-state index contributed by atoms with van der Waals surface area (Å²) in [5, 5.41) is 16.4. The highest BCUT2D eigenvalue weighted by Gasteiger charge is 2.45. The zero-order valence-electron chi connectivity index (χ0n) is 17.4. The molecule has 1 aliphatic rings. The lowest BCUT2D eigenvalue weighted by atomic mass is 10.1. The van der Waals surface area contributed by atoms with Crippen LogP contribution in [0.25, 0.3) is 0 Å². The molecule has 0 fully saturated rings. The minimum atomic E-state index is -4.74. The molecule has 0 bridgehead atoms. The molecule has 166 valence electrons. The first-order valence-electron chi connectivity index (χ1n) is 9.30. The van der Waals surface area contributed by atoms with Crippen molar-refractivity contribution in [3.63, 3.8) is 0 Å². The van der Waals surface area contributed by atoms with Gasteiger partial charge < -0.3 is 21.1 Å². The lowest BCUT2D eigenvalue weighted by Crippen LogP contribution is -2.47. The number of alkyl halides is 3. The van der Waals surface area contributed by atoms with Gasteiger partial charge in [-0.1, -0.05) is 6.07 Å². The molecule has 2 heterocycles. The highest BCUT2D eigenvalue weighted by molar-refractivity contribution is 5.95. The van der Waals surface area contributed by atoms with Crippen molar-refractivity contribution in [1.29, 1.82) is 0 Å². The summed E-state index contributed by atoms with van der Waals surface area (Å²) in [6.07, 6.45) is -3.22. The van der Waals surface area contributed by atoms with E-state index in [0.29, 0.717) is 22.2 Å². The Morgan fingerprint density at radius 3 is 2.48 bits per heavy atom. The average Bonchev–Trinajstić information content (AvgIpc) is 2.68. The number of guanidine groups is 1. The summed E-state index contributed by atoms with van der Waals surface area (Å²) >= 11 is 0. The van der Waals surface area contributed by atoms with Crippen LogP contribution >= 0.6 is 0 Å². The number of benzene rings is 1. The number of nitrogen functional groups attached to an aromatic ring is 1. The van der Waals surface area contributed by atoms with E-state index < -0.39 is 23.6 Å². The minimum absolute atomic E-state index is 0.204. The van der Waals surface area contributed by atoms with Gasteiger partial charge in [-0.05, 0) is 44.0 Å². The number of nitrogens with zero attached hydrogens (tertiary/aromatic N) is 3. The van der Waals surface area contributed by atoms with E-state index in [9.17, 15) is 18.4 Å². The Hall–Kier alpha value is -3.47. The molecule has 0 radical (unpaired) electrons. The number of methoxy groups -OCH3 is 1. The highest BCUT2D eigenvalue weighted by atomic mass is 19.4. The summed E-state index contributed by atoms with van der Waals surface area (Å²) in [5.74, 6) is -0.383. The Morgan fingerprint density at radius 2 is 1.87 bits per heavy atom. The maximum atomic E-state index is 13.8. The number of nitrogens with two attached hydrogens (primary N) is 1. The lowest BCUT2D eigenvalue weighted by molar-refractivity contribution is -0.120. The molecular weight excluding hydrogens is 413 g/mol. The topological polar surface area (TPSA) is 108 Å². The van der Waals surface area contributed by atoms with E-state index in [1.54, 1.807) is 31.2 Å². The molecule has 1 aromatic carbocycles. The van der Waals surface area contributed by atoms with Crippen LogP contribution < -0.4 is 21.1 Å². The Kier molecular flexibility index (Phi) is 5.98. The number of hydrogen-bond donors (Lipinski definition) is 4. The number of hydrogen-bond acceptors (Lipinski definition) is 8. The summed E-state index contributed by atoms with van der Waals surface area (Å²) in [6.45, 7) is 4.78. The van der Waals surface area contributed by atoms with Gasteiger partial charge in [-0.15, -0.1) is 0 Å². The van der Waals surface area contributed by atoms with Gasteiger partial charge in [0.2, 0.25) is 11.8 Å². The third-order valence-corrected chi connectivity index (χ3v) is 4.77. The third kappa shape index (κ3) is 4.66. The summed E-state index contributed by atoms with van der Waals surface area (Å²) in [7, 11) is 1.44. The molecule has 1 aliphatic heterocycles. The monoisotopic (exact) mass is 436 g/mol. The molecule has 1 aromatic heterocycles. The predicted molar refractivity (Wildman–Crippen MR) is 112 cm³/mol. The fourth-order valence-corrected chi connectivity index (χ4v) is 3.07. The van der Waals surface area contributed by atoms with Crippen molar-refractivity contribution < 1.29 is 23.1 Å². The van der Waals surface area contributed by atoms with E-state index in [0.717, 1.165) is 5.56 Å². The number of aromatic nitrogens is 1. The number of halogens is 3. The second-order valence-corrected chi connectivity index (χ2v) is 7.10. The number of hydroxylamine groups is 2. The third-order valence-electron chi connectivity index (χ3n) is 4.77. The van der Waals surface area contributed by atoms with Crippen molar-refractivity contribution in [2.24, 2.45) is 4.99 Å². The van der Waals surface area contributed by atoms with Gasteiger partial charge in [0.1, 0.15) is 11.4 Å². The van der Waals surface area contributed by atoms with Crippen molar-refractivity contribution in [3.05, 3.63) is 53.0 Å². The van der Waals surface area contributed by atoms with E-state index in [-0.39, 0.29) is 17.3 Å². The Morgan fingerprint density at radius 1 is 1.16 bits per heavy atom. The number of aryl methyl sites for hydroxylation is 2. The molecule has 0 amide bonds. The van der Waals surface area contributed by atoms with E-state index in [1.807, 2.05) is 6.92 Å². The lowest BCUT2D eigenvalue weighted by Gasteiger charge is -2.34. The fourth-order valence-electron chi connectivity index (χ4n) is 3.07. The van der Waals surface area contributed by atoms with E-state index >= 15 is 0 Å². The van der Waals surface area contributed by atoms with Crippen molar-refractivity contribution in [2.45, 2.75) is 33.0 Å². The van der Waals surface area contributed by atoms with Gasteiger partial charge in [-0.25, -0.2) is 10.0 Å². The number of nitrogens with one attached hydrogen (secondary N) is 2. The summed E-state index contributed by atoms with van der Waals surface area (Å²) in [5.41, 5.74) is 7.45. The van der Waals surface area contributed by atoms with E-state index in [1.165, 1.54) is 20.2 Å². The number of rotatable bonds is 4. The molecule has 31 heavy (non-hydrogen) atoms. The molecule has 2 aromatic rings. The van der Waals surface area contributed by atoms with Crippen molar-refractivity contribution in [2.75, 3.05) is 23.5 Å². The van der Waals surface area contributed by atoms with Crippen LogP contribution in [0.5, 0.6) is 5.88 Å². The molecule has 0 saturated carbocycles. The standard InChI is InChI=1S/C20H23F3N6O2/c1-10-5-6-14(13(24)7-10)26-18-17(20(21,22)23)12(3)29(30)19(28-18)27-15-8-16(31-4)25-9-11(15)2/h5-9,12,26,30H,24H2,1-4H3,(H,25,27,28). The molecule has 8 nitrogen and oxygen atoms in total. The van der Waals surface area contributed by atoms with Gasteiger partial charge in [0.15, 0.2) is 0 Å². The van der Waals surface area contributed by atoms with Crippen LogP contribution in [0.2, 0.25) is 0 Å². The number of pyridine rings is 1. The molecule has 3 rings (SSSR count). The van der Waals surface area contributed by atoms with Crippen molar-refractivity contribution in [1.82, 2.24) is 10.0 Å². The SMILES string of the molecule is COc1cc(NC2=NC(Nc3ccc(C)cc3N)=C(C(F)(F)F)C(C)N2O)c(C)cn1. The van der Waals surface area contributed by atoms with Crippen LogP contribution in [0.4, 0.5) is 30.2 Å².